The predicted octanol–water partition coefficient (Wildman–Crippen LogP) is 1.10. The van der Waals surface area contributed by atoms with Gasteiger partial charge in [-0.15, -0.1) is 0 Å². The minimum atomic E-state index is 0.541. The van der Waals surface area contributed by atoms with Gasteiger partial charge in [0.15, 0.2) is 0 Å². The standard InChI is InChI=1S/C11H17N5/c1-2-16(8-4-6-12)9-10-5-3-7-14-11(10)15-13/h3,5,7H,2,4,8-9,13H2,1H3,(H,14,15). The zero-order chi connectivity index (χ0) is 11.8. The minimum absolute atomic E-state index is 0.541. The van der Waals surface area contributed by atoms with E-state index in [-0.39, 0.29) is 0 Å². The molecule has 0 unspecified atom stereocenters. The zero-order valence-electron chi connectivity index (χ0n) is 9.48. The quantitative estimate of drug-likeness (QED) is 0.553. The number of aromatic nitrogens is 1. The monoisotopic (exact) mass is 219 g/mol. The first-order chi connectivity index (χ1) is 7.81. The van der Waals surface area contributed by atoms with Crippen LogP contribution in [0.3, 0.4) is 0 Å². The lowest BCUT2D eigenvalue weighted by Gasteiger charge is -2.19. The van der Waals surface area contributed by atoms with Crippen LogP contribution in [0, 0.1) is 11.3 Å². The average Bonchev–Trinajstić information content (AvgIpc) is 2.34. The van der Waals surface area contributed by atoms with Gasteiger partial charge in [-0.25, -0.2) is 10.8 Å². The summed E-state index contributed by atoms with van der Waals surface area (Å²) in [6, 6.07) is 6.02. The van der Waals surface area contributed by atoms with E-state index in [9.17, 15) is 0 Å². The molecule has 3 N–H and O–H groups in total. The fourth-order valence-electron chi connectivity index (χ4n) is 1.49. The summed E-state index contributed by atoms with van der Waals surface area (Å²) in [5.74, 6) is 6.08. The van der Waals surface area contributed by atoms with Crippen molar-refractivity contribution in [2.24, 2.45) is 5.84 Å². The lowest BCUT2D eigenvalue weighted by molar-refractivity contribution is 0.287. The smallest absolute Gasteiger partial charge is 0.144 e. The summed E-state index contributed by atoms with van der Waals surface area (Å²) in [5.41, 5.74) is 3.62. The fourth-order valence-corrected chi connectivity index (χ4v) is 1.49. The SMILES string of the molecule is CCN(CCC#N)Cc1cccnc1NN. The molecule has 86 valence electrons. The van der Waals surface area contributed by atoms with Gasteiger partial charge in [0.1, 0.15) is 5.82 Å². The number of anilines is 1. The van der Waals surface area contributed by atoms with Gasteiger partial charge < -0.3 is 5.43 Å². The second kappa shape index (κ2) is 6.77. The molecule has 0 fully saturated rings. The number of nitrogens with zero attached hydrogens (tertiary/aromatic N) is 3. The zero-order valence-corrected chi connectivity index (χ0v) is 9.48. The summed E-state index contributed by atoms with van der Waals surface area (Å²) in [5, 5.41) is 8.56. The highest BCUT2D eigenvalue weighted by molar-refractivity contribution is 5.42. The molecule has 0 amide bonds. The summed E-state index contributed by atoms with van der Waals surface area (Å²) in [7, 11) is 0. The average molecular weight is 219 g/mol. The van der Waals surface area contributed by atoms with E-state index < -0.39 is 0 Å². The molecule has 0 spiro atoms. The molecule has 0 aliphatic heterocycles. The number of pyridine rings is 1. The number of nitriles is 1. The maximum absolute atomic E-state index is 8.56. The maximum Gasteiger partial charge on any atom is 0.144 e. The van der Waals surface area contributed by atoms with E-state index in [1.165, 1.54) is 0 Å². The number of nitrogens with one attached hydrogen (secondary N) is 1. The molecule has 0 saturated heterocycles. The molecule has 1 aromatic heterocycles. The third-order valence-electron chi connectivity index (χ3n) is 2.41. The molecule has 5 heteroatoms. The van der Waals surface area contributed by atoms with Gasteiger partial charge in [-0.3, -0.25) is 4.90 Å². The van der Waals surface area contributed by atoms with E-state index in [1.54, 1.807) is 6.20 Å². The van der Waals surface area contributed by atoms with Gasteiger partial charge >= 0.3 is 0 Å². The van der Waals surface area contributed by atoms with Crippen LogP contribution in [0.5, 0.6) is 0 Å². The van der Waals surface area contributed by atoms with E-state index in [0.717, 1.165) is 25.2 Å². The molecule has 0 aliphatic rings. The normalized spacial score (nSPS) is 10.1. The van der Waals surface area contributed by atoms with E-state index in [2.05, 4.69) is 28.3 Å². The molecule has 1 rings (SSSR count). The van der Waals surface area contributed by atoms with Crippen molar-refractivity contribution in [2.75, 3.05) is 18.5 Å². The Balaban J connectivity index is 2.66. The van der Waals surface area contributed by atoms with E-state index >= 15 is 0 Å². The molecule has 0 bridgehead atoms. The first kappa shape index (κ1) is 12.4. The van der Waals surface area contributed by atoms with Crippen molar-refractivity contribution < 1.29 is 0 Å². The summed E-state index contributed by atoms with van der Waals surface area (Å²) < 4.78 is 0. The number of hydrogen-bond donors (Lipinski definition) is 2. The second-order valence-corrected chi connectivity index (χ2v) is 3.43. The number of rotatable bonds is 6. The molecule has 0 atom stereocenters. The highest BCUT2D eigenvalue weighted by Crippen LogP contribution is 2.12. The third-order valence-corrected chi connectivity index (χ3v) is 2.41. The van der Waals surface area contributed by atoms with Gasteiger partial charge in [0.25, 0.3) is 0 Å². The fraction of sp³-hybridized carbons (Fsp3) is 0.455. The first-order valence-corrected chi connectivity index (χ1v) is 5.31. The second-order valence-electron chi connectivity index (χ2n) is 3.43. The molecular formula is C11H17N5. The lowest BCUT2D eigenvalue weighted by Crippen LogP contribution is -2.25. The van der Waals surface area contributed by atoms with Crippen molar-refractivity contribution in [3.8, 4) is 6.07 Å². The van der Waals surface area contributed by atoms with Crippen LogP contribution in [0.1, 0.15) is 18.9 Å². The molecule has 0 saturated carbocycles. The highest BCUT2D eigenvalue weighted by atomic mass is 15.3. The van der Waals surface area contributed by atoms with Crippen molar-refractivity contribution in [3.63, 3.8) is 0 Å². The number of nitrogens with two attached hydrogens (primary N) is 1. The molecule has 1 aromatic rings. The molecule has 0 aliphatic carbocycles. The van der Waals surface area contributed by atoms with Crippen LogP contribution >= 0.6 is 0 Å². The van der Waals surface area contributed by atoms with Crippen molar-refractivity contribution in [2.45, 2.75) is 19.9 Å². The van der Waals surface area contributed by atoms with Crippen LogP contribution in [-0.4, -0.2) is 23.0 Å². The largest absolute Gasteiger partial charge is 0.308 e. The minimum Gasteiger partial charge on any atom is -0.308 e. The topological polar surface area (TPSA) is 78.0 Å². The highest BCUT2D eigenvalue weighted by Gasteiger charge is 2.07. The van der Waals surface area contributed by atoms with Gasteiger partial charge in [-0.1, -0.05) is 13.0 Å². The Morgan fingerprint density at radius 3 is 3.06 bits per heavy atom. The molecule has 0 aromatic carbocycles. The Morgan fingerprint density at radius 2 is 2.44 bits per heavy atom. The van der Waals surface area contributed by atoms with Gasteiger partial charge in [0.2, 0.25) is 0 Å². The molecule has 0 radical (unpaired) electrons. The number of nitrogen functional groups attached to an aromatic ring is 1. The Morgan fingerprint density at radius 1 is 1.62 bits per heavy atom. The predicted molar refractivity (Wildman–Crippen MR) is 63.2 cm³/mol. The Hall–Kier alpha value is -1.64. The van der Waals surface area contributed by atoms with Gasteiger partial charge in [0.05, 0.1) is 6.07 Å². The molecule has 5 nitrogen and oxygen atoms in total. The van der Waals surface area contributed by atoms with Crippen molar-refractivity contribution >= 4 is 5.82 Å². The van der Waals surface area contributed by atoms with Crippen LogP contribution in [0.25, 0.3) is 0 Å². The lowest BCUT2D eigenvalue weighted by atomic mass is 10.2. The van der Waals surface area contributed by atoms with Gasteiger partial charge in [-0.2, -0.15) is 5.26 Å². The summed E-state index contributed by atoms with van der Waals surface area (Å²) in [6.45, 7) is 4.50. The third kappa shape index (κ3) is 3.50. The number of hydrogen-bond acceptors (Lipinski definition) is 5. The first-order valence-electron chi connectivity index (χ1n) is 5.31. The van der Waals surface area contributed by atoms with E-state index in [4.69, 9.17) is 11.1 Å². The van der Waals surface area contributed by atoms with Crippen LogP contribution < -0.4 is 11.3 Å². The van der Waals surface area contributed by atoms with E-state index in [1.807, 2.05) is 12.1 Å². The molecule has 16 heavy (non-hydrogen) atoms. The van der Waals surface area contributed by atoms with Crippen LogP contribution in [0.4, 0.5) is 5.82 Å². The summed E-state index contributed by atoms with van der Waals surface area (Å²) >= 11 is 0. The maximum atomic E-state index is 8.56. The van der Waals surface area contributed by atoms with Crippen LogP contribution in [0.2, 0.25) is 0 Å². The van der Waals surface area contributed by atoms with E-state index in [0.29, 0.717) is 12.2 Å². The van der Waals surface area contributed by atoms with Crippen molar-refractivity contribution in [3.05, 3.63) is 23.9 Å². The van der Waals surface area contributed by atoms with Gasteiger partial charge in [-0.05, 0) is 12.6 Å². The number of hydrazine groups is 1. The molecular weight excluding hydrogens is 202 g/mol. The molecule has 1 heterocycles. The van der Waals surface area contributed by atoms with Crippen LogP contribution in [-0.2, 0) is 6.54 Å². The Kier molecular flexibility index (Phi) is 5.26. The summed E-state index contributed by atoms with van der Waals surface area (Å²) in [4.78, 5) is 6.32. The van der Waals surface area contributed by atoms with Crippen molar-refractivity contribution in [1.82, 2.24) is 9.88 Å². The summed E-state index contributed by atoms with van der Waals surface area (Å²) in [6.07, 6.45) is 2.24. The Bertz CT molecular complexity index is 358. The van der Waals surface area contributed by atoms with Crippen LogP contribution in [0.15, 0.2) is 18.3 Å². The van der Waals surface area contributed by atoms with Gasteiger partial charge in [0, 0.05) is 31.3 Å². The van der Waals surface area contributed by atoms with Crippen molar-refractivity contribution in [1.29, 1.82) is 5.26 Å². The Labute approximate surface area is 95.9 Å².